The minimum Gasteiger partial charge on any atom is -0.406 e. The summed E-state index contributed by atoms with van der Waals surface area (Å²) in [5.74, 6) is -5.10. The fraction of sp³-hybridized carbons (Fsp3) is 0.588. The Labute approximate surface area is 156 Å². The van der Waals surface area contributed by atoms with Gasteiger partial charge >= 0.3 is 13.0 Å². The molecule has 158 valence electrons. The largest absolute Gasteiger partial charge is 0.573 e. The van der Waals surface area contributed by atoms with Crippen LogP contribution in [-0.2, 0) is 9.53 Å². The van der Waals surface area contributed by atoms with Crippen LogP contribution in [0, 0.1) is 5.92 Å². The summed E-state index contributed by atoms with van der Waals surface area (Å²) in [6.07, 6.45) is -5.17. The van der Waals surface area contributed by atoms with Gasteiger partial charge in [-0.15, -0.1) is 13.2 Å². The number of alkyl halides is 6. The van der Waals surface area contributed by atoms with E-state index in [1.807, 2.05) is 0 Å². The number of aliphatic hydroxyl groups is 1. The molecule has 0 radical (unpaired) electrons. The lowest BCUT2D eigenvalue weighted by Crippen LogP contribution is -2.54. The molecule has 2 rings (SSSR count). The first-order valence-electron chi connectivity index (χ1n) is 8.23. The summed E-state index contributed by atoms with van der Waals surface area (Å²) < 4.78 is 85.2. The van der Waals surface area contributed by atoms with Crippen LogP contribution in [0.2, 0.25) is 0 Å². The second-order valence-corrected chi connectivity index (χ2v) is 6.81. The quantitative estimate of drug-likeness (QED) is 0.607. The van der Waals surface area contributed by atoms with Crippen molar-refractivity contribution in [1.82, 2.24) is 0 Å². The number of nitrogens with two attached hydrogens (primary N) is 1. The maximum absolute atomic E-state index is 14.6. The topological polar surface area (TPSA) is 81.8 Å². The van der Waals surface area contributed by atoms with Crippen molar-refractivity contribution in [1.29, 1.82) is 0 Å². The molecule has 0 heterocycles. The highest BCUT2D eigenvalue weighted by molar-refractivity contribution is 5.79. The van der Waals surface area contributed by atoms with Gasteiger partial charge in [0, 0.05) is 5.92 Å². The number of rotatable bonds is 9. The lowest BCUT2D eigenvalue weighted by molar-refractivity contribution is -0.274. The van der Waals surface area contributed by atoms with Crippen molar-refractivity contribution in [2.45, 2.75) is 49.9 Å². The predicted octanol–water partition coefficient (Wildman–Crippen LogP) is 3.26. The van der Waals surface area contributed by atoms with Gasteiger partial charge in [-0.2, -0.15) is 8.78 Å². The zero-order chi connectivity index (χ0) is 21.3. The molecule has 0 spiro atoms. The van der Waals surface area contributed by atoms with E-state index in [2.05, 4.69) is 9.47 Å². The van der Waals surface area contributed by atoms with Gasteiger partial charge in [-0.1, -0.05) is 12.1 Å². The number of ether oxygens (including phenoxy) is 2. The molecule has 3 atom stereocenters. The van der Waals surface area contributed by atoms with Crippen molar-refractivity contribution >= 4 is 5.91 Å². The van der Waals surface area contributed by atoms with Gasteiger partial charge in [0.2, 0.25) is 5.91 Å². The molecular formula is C17H19F6NO4. The Morgan fingerprint density at radius 1 is 1.32 bits per heavy atom. The average Bonchev–Trinajstić information content (AvgIpc) is 3.28. The molecule has 0 aliphatic heterocycles. The highest BCUT2D eigenvalue weighted by Gasteiger charge is 2.63. The zero-order valence-electron chi connectivity index (χ0n) is 14.7. The maximum Gasteiger partial charge on any atom is 0.573 e. The first-order chi connectivity index (χ1) is 12.8. The molecule has 28 heavy (non-hydrogen) atoms. The van der Waals surface area contributed by atoms with Crippen LogP contribution in [0.4, 0.5) is 26.3 Å². The summed E-state index contributed by atoms with van der Waals surface area (Å²) in [6.45, 7) is -3.16. The molecule has 0 saturated heterocycles. The van der Waals surface area contributed by atoms with Crippen LogP contribution in [-0.4, -0.2) is 41.9 Å². The molecule has 2 unspecified atom stereocenters. The molecule has 0 aromatic heterocycles. The molecular weight excluding hydrogens is 396 g/mol. The van der Waals surface area contributed by atoms with Crippen LogP contribution in [0.1, 0.15) is 31.2 Å². The Morgan fingerprint density at radius 3 is 2.39 bits per heavy atom. The van der Waals surface area contributed by atoms with E-state index >= 15 is 0 Å². The number of carbonyl (C=O) groups excluding carboxylic acids is 1. The van der Waals surface area contributed by atoms with E-state index in [1.54, 1.807) is 0 Å². The molecule has 1 aliphatic carbocycles. The average molecular weight is 415 g/mol. The van der Waals surface area contributed by atoms with Gasteiger partial charge in [0.05, 0.1) is 12.5 Å². The van der Waals surface area contributed by atoms with Gasteiger partial charge in [-0.3, -0.25) is 4.79 Å². The number of primary amides is 1. The van der Waals surface area contributed by atoms with Crippen molar-refractivity contribution in [3.63, 3.8) is 0 Å². The standard InChI is InChI=1S/C17H19F6NO4/c1-15(26,16(20)5-6-16)12(13(24)25)11(8-27-14(18)19)9-3-2-4-10(7-9)28-17(21,22)23/h2-4,7,11-12,14,26H,5-6,8H2,1H3,(H2,24,25)/t11-,12?,15?/m0/s1. The first-order valence-corrected chi connectivity index (χ1v) is 8.23. The van der Waals surface area contributed by atoms with Crippen molar-refractivity contribution in [2.24, 2.45) is 11.7 Å². The van der Waals surface area contributed by atoms with Gasteiger partial charge < -0.3 is 20.3 Å². The van der Waals surface area contributed by atoms with Crippen LogP contribution in [0.3, 0.4) is 0 Å². The molecule has 1 fully saturated rings. The number of carbonyl (C=O) groups is 1. The van der Waals surface area contributed by atoms with Gasteiger partial charge in [0.1, 0.15) is 17.0 Å². The Morgan fingerprint density at radius 2 is 1.93 bits per heavy atom. The number of benzene rings is 1. The molecule has 0 bridgehead atoms. The lowest BCUT2D eigenvalue weighted by atomic mass is 9.72. The number of hydrogen-bond acceptors (Lipinski definition) is 4. The van der Waals surface area contributed by atoms with E-state index in [4.69, 9.17) is 5.73 Å². The van der Waals surface area contributed by atoms with Gasteiger partial charge in [0.25, 0.3) is 0 Å². The molecule has 1 aliphatic rings. The number of amides is 1. The molecule has 1 amide bonds. The van der Waals surface area contributed by atoms with Crippen LogP contribution in [0.25, 0.3) is 0 Å². The van der Waals surface area contributed by atoms with Crippen LogP contribution in [0.15, 0.2) is 24.3 Å². The third-order valence-corrected chi connectivity index (χ3v) is 4.83. The van der Waals surface area contributed by atoms with Crippen molar-refractivity contribution < 1.29 is 45.7 Å². The van der Waals surface area contributed by atoms with E-state index in [0.717, 1.165) is 25.1 Å². The summed E-state index contributed by atoms with van der Waals surface area (Å²) in [5.41, 5.74) is 0.675. The summed E-state index contributed by atoms with van der Waals surface area (Å²) in [6, 6.07) is 4.14. The third-order valence-electron chi connectivity index (χ3n) is 4.83. The molecule has 5 nitrogen and oxygen atoms in total. The van der Waals surface area contributed by atoms with Gasteiger partial charge in [0.15, 0.2) is 0 Å². The summed E-state index contributed by atoms with van der Waals surface area (Å²) in [7, 11) is 0. The Kier molecular flexibility index (Phi) is 6.19. The number of halogens is 6. The van der Waals surface area contributed by atoms with Crippen molar-refractivity contribution in [3.8, 4) is 5.75 Å². The van der Waals surface area contributed by atoms with Crippen LogP contribution >= 0.6 is 0 Å². The minimum absolute atomic E-state index is 0.0799. The number of hydrogen-bond donors (Lipinski definition) is 2. The summed E-state index contributed by atoms with van der Waals surface area (Å²) >= 11 is 0. The maximum atomic E-state index is 14.6. The smallest absolute Gasteiger partial charge is 0.406 e. The van der Waals surface area contributed by atoms with Gasteiger partial charge in [-0.05, 0) is 37.5 Å². The van der Waals surface area contributed by atoms with E-state index in [9.17, 15) is 36.2 Å². The lowest BCUT2D eigenvalue weighted by Gasteiger charge is -2.38. The molecule has 1 aromatic carbocycles. The van der Waals surface area contributed by atoms with Crippen molar-refractivity contribution in [3.05, 3.63) is 29.8 Å². The first kappa shape index (κ1) is 22.3. The Balaban J connectivity index is 2.45. The predicted molar refractivity (Wildman–Crippen MR) is 84.2 cm³/mol. The van der Waals surface area contributed by atoms with E-state index < -0.39 is 54.3 Å². The molecule has 11 heteroatoms. The Hall–Kier alpha value is -2.01. The fourth-order valence-electron chi connectivity index (χ4n) is 3.27. The SMILES string of the molecule is CC(O)(C(C(N)=O)[C@@H](COC(F)F)c1cccc(OC(F)(F)F)c1)C1(F)CC1. The zero-order valence-corrected chi connectivity index (χ0v) is 14.7. The highest BCUT2D eigenvalue weighted by Crippen LogP contribution is 2.54. The Bertz CT molecular complexity index is 705. The van der Waals surface area contributed by atoms with E-state index in [0.29, 0.717) is 0 Å². The minimum atomic E-state index is -5.01. The second kappa shape index (κ2) is 7.78. The summed E-state index contributed by atoms with van der Waals surface area (Å²) in [5, 5.41) is 10.7. The van der Waals surface area contributed by atoms with E-state index in [-0.39, 0.29) is 18.4 Å². The molecule has 1 saturated carbocycles. The van der Waals surface area contributed by atoms with Crippen LogP contribution in [0.5, 0.6) is 5.75 Å². The molecule has 3 N–H and O–H groups in total. The third kappa shape index (κ3) is 5.07. The fourth-order valence-corrected chi connectivity index (χ4v) is 3.27. The second-order valence-electron chi connectivity index (χ2n) is 6.81. The van der Waals surface area contributed by atoms with Gasteiger partial charge in [-0.25, -0.2) is 4.39 Å². The normalized spacial score (nSPS) is 20.3. The summed E-state index contributed by atoms with van der Waals surface area (Å²) in [4.78, 5) is 12.0. The monoisotopic (exact) mass is 415 g/mol. The van der Waals surface area contributed by atoms with Crippen LogP contribution < -0.4 is 10.5 Å². The van der Waals surface area contributed by atoms with E-state index in [1.165, 1.54) is 6.07 Å². The van der Waals surface area contributed by atoms with Crippen molar-refractivity contribution in [2.75, 3.05) is 6.61 Å². The highest BCUT2D eigenvalue weighted by atomic mass is 19.4. The molecule has 1 aromatic rings.